The van der Waals surface area contributed by atoms with Gasteiger partial charge < -0.3 is 34.8 Å². The summed E-state index contributed by atoms with van der Waals surface area (Å²) in [5, 5.41) is 8.45. The molecule has 2 aliphatic carbocycles. The fraction of sp³-hybridized carbons (Fsp3) is 0.778. The molecule has 15 heteroatoms. The van der Waals surface area contributed by atoms with Gasteiger partial charge in [-0.1, -0.05) is 6.92 Å². The molecule has 51 heavy (non-hydrogen) atoms. The van der Waals surface area contributed by atoms with Crippen LogP contribution in [0, 0.1) is 17.3 Å². The fourth-order valence-corrected chi connectivity index (χ4v) is 7.89. The molecule has 5 amide bonds. The van der Waals surface area contributed by atoms with E-state index in [1.165, 1.54) is 0 Å². The number of urea groups is 1. The molecule has 4 fully saturated rings. The second-order valence-corrected chi connectivity index (χ2v) is 17.6. The Morgan fingerprint density at radius 2 is 1.47 bits per heavy atom. The smallest absolute Gasteiger partial charge is 0.408 e. The molecule has 2 saturated heterocycles. The number of alkyl carbamates (subject to hydrolysis) is 2. The van der Waals surface area contributed by atoms with E-state index in [0.717, 1.165) is 45.3 Å². The van der Waals surface area contributed by atoms with E-state index in [1.807, 2.05) is 20.8 Å². The number of hydrogen-bond donors (Lipinski definition) is 3. The van der Waals surface area contributed by atoms with Crippen LogP contribution in [0.4, 0.5) is 20.2 Å². The van der Waals surface area contributed by atoms with Gasteiger partial charge in [0, 0.05) is 75.4 Å². The maximum atomic E-state index is 13.2. The Balaban J connectivity index is 1.03. The lowest BCUT2D eigenvalue weighted by Crippen LogP contribution is -2.60. The number of carbonyl (C=O) groups excluding carboxylic acids is 4. The molecule has 4 aliphatic rings. The van der Waals surface area contributed by atoms with Gasteiger partial charge in [0.25, 0.3) is 0 Å². The molecule has 1 aromatic rings. The zero-order valence-corrected chi connectivity index (χ0v) is 31.8. The van der Waals surface area contributed by atoms with Crippen molar-refractivity contribution in [1.29, 1.82) is 0 Å². The highest BCUT2D eigenvalue weighted by Crippen LogP contribution is 2.57. The van der Waals surface area contributed by atoms with Crippen molar-refractivity contribution in [3.63, 3.8) is 0 Å². The van der Waals surface area contributed by atoms with Crippen LogP contribution in [0.15, 0.2) is 17.1 Å². The van der Waals surface area contributed by atoms with Crippen molar-refractivity contribution < 1.29 is 28.7 Å². The Morgan fingerprint density at radius 1 is 0.882 bits per heavy atom. The van der Waals surface area contributed by atoms with Crippen molar-refractivity contribution in [3.05, 3.63) is 22.7 Å². The SMILES string of the molecule is CC(C)(C)OC(=O)NC1C2CN(CC3CCC(n4ccc(NC(=O)N5CCN(C(=O)C(C)(C)NC(=O)OC(C)(C)C)CC5)nc4=O)CC3)CC21C. The van der Waals surface area contributed by atoms with Crippen LogP contribution >= 0.6 is 0 Å². The second kappa shape index (κ2) is 14.3. The van der Waals surface area contributed by atoms with Gasteiger partial charge in [-0.2, -0.15) is 4.98 Å². The predicted octanol–water partition coefficient (Wildman–Crippen LogP) is 3.80. The van der Waals surface area contributed by atoms with Gasteiger partial charge in [0.2, 0.25) is 5.91 Å². The van der Waals surface area contributed by atoms with Gasteiger partial charge >= 0.3 is 23.9 Å². The predicted molar refractivity (Wildman–Crippen MR) is 191 cm³/mol. The number of amides is 5. The van der Waals surface area contributed by atoms with Crippen LogP contribution in [-0.4, -0.2) is 117 Å². The monoisotopic (exact) mass is 714 g/mol. The van der Waals surface area contributed by atoms with Gasteiger partial charge in [-0.3, -0.25) is 14.7 Å². The van der Waals surface area contributed by atoms with Gasteiger partial charge in [0.05, 0.1) is 0 Å². The molecule has 15 nitrogen and oxygen atoms in total. The third kappa shape index (κ3) is 9.52. The van der Waals surface area contributed by atoms with Crippen LogP contribution in [-0.2, 0) is 14.3 Å². The Morgan fingerprint density at radius 3 is 2.02 bits per heavy atom. The van der Waals surface area contributed by atoms with Crippen molar-refractivity contribution in [1.82, 2.24) is 34.9 Å². The van der Waals surface area contributed by atoms with Gasteiger partial charge in [-0.05, 0) is 93.1 Å². The third-order valence-corrected chi connectivity index (χ3v) is 10.5. The molecular formula is C36H58N8O7. The average Bonchev–Trinajstić information content (AvgIpc) is 3.34. The first kappa shape index (κ1) is 38.4. The number of rotatable bonds is 7. The highest BCUT2D eigenvalue weighted by Gasteiger charge is 2.66. The van der Waals surface area contributed by atoms with E-state index >= 15 is 0 Å². The van der Waals surface area contributed by atoms with E-state index in [1.54, 1.807) is 61.2 Å². The maximum absolute atomic E-state index is 13.2. The summed E-state index contributed by atoms with van der Waals surface area (Å²) in [6, 6.07) is 1.51. The Kier molecular flexibility index (Phi) is 10.7. The number of piperidine rings is 1. The molecule has 1 aromatic heterocycles. The molecule has 3 atom stereocenters. The average molecular weight is 715 g/mol. The molecule has 2 aliphatic heterocycles. The van der Waals surface area contributed by atoms with Crippen molar-refractivity contribution in [2.75, 3.05) is 51.1 Å². The van der Waals surface area contributed by atoms with Gasteiger partial charge in [0.1, 0.15) is 22.6 Å². The standard InChI is InChI=1S/C36H58N8O7/c1-33(2,3)50-31(48)39-27-25-21-41(22-36(25,27)9)20-23-10-12-24(13-11-23)44-15-14-26(38-30(44)47)37-29(46)43-18-16-42(17-19-43)28(45)35(7,8)40-32(49)51-34(4,5)6/h14-15,23-25,27H,10-13,16-22H2,1-9H3,(H,39,48)(H,40,49)(H,37,38,46,47). The number of carbonyl (C=O) groups is 4. The fourth-order valence-electron chi connectivity index (χ4n) is 7.89. The van der Waals surface area contributed by atoms with E-state index in [-0.39, 0.29) is 41.0 Å². The molecule has 3 unspecified atom stereocenters. The molecule has 3 heterocycles. The Labute approximate surface area is 301 Å². The normalized spacial score (nSPS) is 26.9. The zero-order valence-electron chi connectivity index (χ0n) is 31.8. The molecule has 3 N–H and O–H groups in total. The molecule has 0 spiro atoms. The van der Waals surface area contributed by atoms with E-state index in [4.69, 9.17) is 9.47 Å². The molecule has 284 valence electrons. The van der Waals surface area contributed by atoms with Crippen molar-refractivity contribution in [3.8, 4) is 0 Å². The summed E-state index contributed by atoms with van der Waals surface area (Å²) >= 11 is 0. The molecule has 2 saturated carbocycles. The van der Waals surface area contributed by atoms with Crippen LogP contribution < -0.4 is 21.6 Å². The van der Waals surface area contributed by atoms with Crippen LogP contribution in [0.1, 0.15) is 94.0 Å². The van der Waals surface area contributed by atoms with Gasteiger partial charge in [0.15, 0.2) is 0 Å². The largest absolute Gasteiger partial charge is 0.444 e. The van der Waals surface area contributed by atoms with Crippen LogP contribution in [0.25, 0.3) is 0 Å². The molecule has 5 rings (SSSR count). The lowest BCUT2D eigenvalue weighted by molar-refractivity contribution is -0.138. The first-order chi connectivity index (χ1) is 23.6. The second-order valence-electron chi connectivity index (χ2n) is 17.6. The topological polar surface area (TPSA) is 167 Å². The van der Waals surface area contributed by atoms with Crippen molar-refractivity contribution in [2.45, 2.75) is 117 Å². The van der Waals surface area contributed by atoms with Crippen LogP contribution in [0.5, 0.6) is 0 Å². The number of nitrogens with one attached hydrogen (secondary N) is 3. The van der Waals surface area contributed by atoms with Crippen LogP contribution in [0.2, 0.25) is 0 Å². The van der Waals surface area contributed by atoms with Crippen molar-refractivity contribution >= 4 is 29.9 Å². The summed E-state index contributed by atoms with van der Waals surface area (Å²) in [5.41, 5.74) is -2.67. The van der Waals surface area contributed by atoms with Gasteiger partial charge in [-0.15, -0.1) is 0 Å². The third-order valence-electron chi connectivity index (χ3n) is 10.5. The van der Waals surface area contributed by atoms with E-state index in [0.29, 0.717) is 38.0 Å². The summed E-state index contributed by atoms with van der Waals surface area (Å²) in [7, 11) is 0. The summed E-state index contributed by atoms with van der Waals surface area (Å²) in [4.78, 5) is 73.6. The summed E-state index contributed by atoms with van der Waals surface area (Å²) in [5.74, 6) is 0.935. The van der Waals surface area contributed by atoms with Crippen LogP contribution in [0.3, 0.4) is 0 Å². The minimum absolute atomic E-state index is 0.0672. The van der Waals surface area contributed by atoms with E-state index < -0.39 is 28.9 Å². The molecule has 0 aromatic carbocycles. The quantitative estimate of drug-likeness (QED) is 0.381. The summed E-state index contributed by atoms with van der Waals surface area (Å²) in [6.07, 6.45) is 4.54. The first-order valence-corrected chi connectivity index (χ1v) is 18.3. The number of piperazine rings is 1. The number of hydrogen-bond acceptors (Lipinski definition) is 9. The maximum Gasteiger partial charge on any atom is 0.408 e. The minimum Gasteiger partial charge on any atom is -0.444 e. The molecular weight excluding hydrogens is 656 g/mol. The Bertz CT molecular complexity index is 1530. The summed E-state index contributed by atoms with van der Waals surface area (Å²) < 4.78 is 12.4. The number of nitrogens with zero attached hydrogens (tertiary/aromatic N) is 5. The number of ether oxygens (including phenoxy) is 2. The molecule has 0 bridgehead atoms. The molecule has 0 radical (unpaired) electrons. The number of anilines is 1. The highest BCUT2D eigenvalue weighted by atomic mass is 16.6. The first-order valence-electron chi connectivity index (χ1n) is 18.3. The zero-order chi connectivity index (χ0) is 37.5. The highest BCUT2D eigenvalue weighted by molar-refractivity contribution is 5.90. The minimum atomic E-state index is -1.18. The number of likely N-dealkylation sites (tertiary alicyclic amines) is 1. The lowest BCUT2D eigenvalue weighted by Gasteiger charge is -2.38. The van der Waals surface area contributed by atoms with Gasteiger partial charge in [-0.25, -0.2) is 19.2 Å². The number of fused-ring (bicyclic) bond motifs is 1. The van der Waals surface area contributed by atoms with Crippen molar-refractivity contribution in [2.24, 2.45) is 17.3 Å². The lowest BCUT2D eigenvalue weighted by atomic mass is 9.85. The van der Waals surface area contributed by atoms with E-state index in [2.05, 4.69) is 32.8 Å². The summed E-state index contributed by atoms with van der Waals surface area (Å²) in [6.45, 7) is 20.5. The van der Waals surface area contributed by atoms with E-state index in [9.17, 15) is 24.0 Å². The number of aromatic nitrogens is 2. The Hall–Kier alpha value is -3.88.